The van der Waals surface area contributed by atoms with Crippen molar-refractivity contribution in [1.29, 1.82) is 0 Å². The van der Waals surface area contributed by atoms with Crippen molar-refractivity contribution >= 4 is 33.4 Å². The summed E-state index contributed by atoms with van der Waals surface area (Å²) in [5.41, 5.74) is 3.22. The number of ether oxygens (including phenoxy) is 3. The van der Waals surface area contributed by atoms with E-state index in [0.29, 0.717) is 22.5 Å². The van der Waals surface area contributed by atoms with Gasteiger partial charge in [-0.3, -0.25) is 4.68 Å². The summed E-state index contributed by atoms with van der Waals surface area (Å²) < 4.78 is 18.3. The molecule has 0 spiro atoms. The van der Waals surface area contributed by atoms with Crippen LogP contribution in [0.5, 0.6) is 11.6 Å². The van der Waals surface area contributed by atoms with Crippen molar-refractivity contribution in [3.8, 4) is 23.0 Å². The molecule has 0 saturated heterocycles. The van der Waals surface area contributed by atoms with Crippen molar-refractivity contribution in [3.63, 3.8) is 0 Å². The van der Waals surface area contributed by atoms with Crippen LogP contribution in [0.1, 0.15) is 5.56 Å². The molecule has 144 valence electrons. The van der Waals surface area contributed by atoms with Crippen LogP contribution in [-0.2, 0) is 11.8 Å². The molecule has 0 aliphatic rings. The first kappa shape index (κ1) is 18.5. The van der Waals surface area contributed by atoms with Crippen LogP contribution >= 0.6 is 11.6 Å². The van der Waals surface area contributed by atoms with Gasteiger partial charge in [-0.25, -0.2) is 4.98 Å². The van der Waals surface area contributed by atoms with Gasteiger partial charge < -0.3 is 14.2 Å². The molecule has 2 aromatic carbocycles. The number of aromatic nitrogens is 4. The lowest BCUT2D eigenvalue weighted by atomic mass is 10.0. The van der Waals surface area contributed by atoms with Crippen LogP contribution in [0.3, 0.4) is 0 Å². The van der Waals surface area contributed by atoms with E-state index < -0.39 is 0 Å². The second-order valence-electron chi connectivity index (χ2n) is 6.39. The summed E-state index contributed by atoms with van der Waals surface area (Å²) in [5, 5.41) is 6.84. The molecule has 0 atom stereocenters. The smallest absolute Gasteiger partial charge is 0.224 e. The minimum atomic E-state index is 0.104. The quantitative estimate of drug-likeness (QED) is 0.470. The number of halogens is 1. The van der Waals surface area contributed by atoms with E-state index in [1.165, 1.54) is 0 Å². The number of hydrogen-bond acceptors (Lipinski definition) is 6. The van der Waals surface area contributed by atoms with Crippen LogP contribution in [0.25, 0.3) is 33.2 Å². The highest BCUT2D eigenvalue weighted by Gasteiger charge is 2.20. The molecule has 2 aromatic heterocycles. The molecule has 4 rings (SSSR count). The van der Waals surface area contributed by atoms with E-state index in [1.54, 1.807) is 31.0 Å². The van der Waals surface area contributed by atoms with Crippen LogP contribution < -0.4 is 9.47 Å². The molecule has 4 aromatic rings. The van der Waals surface area contributed by atoms with Gasteiger partial charge in [0.2, 0.25) is 5.88 Å². The molecular formula is C20H19ClN4O3. The van der Waals surface area contributed by atoms with Gasteiger partial charge in [0.15, 0.2) is 12.6 Å². The Labute approximate surface area is 166 Å². The third-order valence-electron chi connectivity index (χ3n) is 4.48. The standard InChI is InChI=1S/C20H19ClN4O3/c1-11-17-12(9-25(2)24-17)7-15(18(11)28-10-26-3)19-22-16-6-5-13(21)8-14(16)20(23-19)27-4/h5-9H,10H2,1-4H3. The van der Waals surface area contributed by atoms with E-state index in [1.807, 2.05) is 32.3 Å². The minimum absolute atomic E-state index is 0.104. The second kappa shape index (κ2) is 7.26. The highest BCUT2D eigenvalue weighted by molar-refractivity contribution is 6.31. The summed E-state index contributed by atoms with van der Waals surface area (Å²) in [5.74, 6) is 1.57. The van der Waals surface area contributed by atoms with Crippen molar-refractivity contribution < 1.29 is 14.2 Å². The van der Waals surface area contributed by atoms with Gasteiger partial charge in [-0.2, -0.15) is 10.1 Å². The third kappa shape index (κ3) is 3.12. The predicted octanol–water partition coefficient (Wildman–Crippen LogP) is 4.14. The number of benzene rings is 2. The summed E-state index contributed by atoms with van der Waals surface area (Å²) in [7, 11) is 5.03. The summed E-state index contributed by atoms with van der Waals surface area (Å²) in [6.45, 7) is 2.06. The molecule has 0 amide bonds. The largest absolute Gasteiger partial charge is 0.480 e. The van der Waals surface area contributed by atoms with Gasteiger partial charge in [0, 0.05) is 36.3 Å². The lowest BCUT2D eigenvalue weighted by Gasteiger charge is -2.15. The van der Waals surface area contributed by atoms with E-state index >= 15 is 0 Å². The number of fused-ring (bicyclic) bond motifs is 2. The van der Waals surface area contributed by atoms with Gasteiger partial charge >= 0.3 is 0 Å². The first-order chi connectivity index (χ1) is 13.5. The predicted molar refractivity (Wildman–Crippen MR) is 108 cm³/mol. The Balaban J connectivity index is 2.00. The Bertz CT molecular complexity index is 1190. The molecule has 0 fully saturated rings. The maximum atomic E-state index is 6.12. The van der Waals surface area contributed by atoms with Crippen LogP contribution in [0.15, 0.2) is 30.5 Å². The highest BCUT2D eigenvalue weighted by Crippen LogP contribution is 2.38. The average Bonchev–Trinajstić information content (AvgIpc) is 3.07. The minimum Gasteiger partial charge on any atom is -0.480 e. The number of hydrogen-bond donors (Lipinski definition) is 0. The van der Waals surface area contributed by atoms with Crippen molar-refractivity contribution in [1.82, 2.24) is 19.7 Å². The Morgan fingerprint density at radius 1 is 1.14 bits per heavy atom. The zero-order valence-electron chi connectivity index (χ0n) is 16.0. The summed E-state index contributed by atoms with van der Waals surface area (Å²) >= 11 is 6.12. The van der Waals surface area contributed by atoms with Gasteiger partial charge in [0.05, 0.1) is 29.1 Å². The average molecular weight is 399 g/mol. The van der Waals surface area contributed by atoms with Gasteiger partial charge in [0.1, 0.15) is 5.75 Å². The molecule has 28 heavy (non-hydrogen) atoms. The number of rotatable bonds is 5. The molecule has 8 heteroatoms. The number of methoxy groups -OCH3 is 2. The molecular weight excluding hydrogens is 380 g/mol. The molecule has 0 aliphatic carbocycles. The highest BCUT2D eigenvalue weighted by atomic mass is 35.5. The van der Waals surface area contributed by atoms with E-state index in [4.69, 9.17) is 30.8 Å². The van der Waals surface area contributed by atoms with Crippen LogP contribution in [0, 0.1) is 6.92 Å². The van der Waals surface area contributed by atoms with Crippen molar-refractivity contribution in [2.45, 2.75) is 6.92 Å². The molecule has 0 unspecified atom stereocenters. The monoisotopic (exact) mass is 398 g/mol. The van der Waals surface area contributed by atoms with Gasteiger partial charge in [-0.15, -0.1) is 0 Å². The maximum absolute atomic E-state index is 6.12. The molecule has 2 heterocycles. The molecule has 0 bridgehead atoms. The Kier molecular flexibility index (Phi) is 4.78. The number of nitrogens with zero attached hydrogens (tertiary/aromatic N) is 4. The van der Waals surface area contributed by atoms with Crippen molar-refractivity contribution in [3.05, 3.63) is 41.0 Å². The fourth-order valence-electron chi connectivity index (χ4n) is 3.25. The zero-order valence-corrected chi connectivity index (χ0v) is 16.7. The lowest BCUT2D eigenvalue weighted by molar-refractivity contribution is 0.0511. The molecule has 0 N–H and O–H groups in total. The molecule has 0 aliphatic heterocycles. The SMILES string of the molecule is COCOc1c(-c2nc(OC)c3cc(Cl)ccc3n2)cc2cn(C)nc2c1C. The van der Waals surface area contributed by atoms with E-state index in [9.17, 15) is 0 Å². The Morgan fingerprint density at radius 2 is 1.96 bits per heavy atom. The molecule has 0 radical (unpaired) electrons. The van der Waals surface area contributed by atoms with Gasteiger partial charge in [-0.1, -0.05) is 11.6 Å². The van der Waals surface area contributed by atoms with Crippen LogP contribution in [0.2, 0.25) is 5.02 Å². The lowest BCUT2D eigenvalue weighted by Crippen LogP contribution is -2.04. The third-order valence-corrected chi connectivity index (χ3v) is 4.71. The van der Waals surface area contributed by atoms with Gasteiger partial charge in [-0.05, 0) is 31.2 Å². The summed E-state index contributed by atoms with van der Waals surface area (Å²) in [6.07, 6.45) is 1.95. The molecule has 7 nitrogen and oxygen atoms in total. The van der Waals surface area contributed by atoms with E-state index in [0.717, 1.165) is 32.9 Å². The van der Waals surface area contributed by atoms with Gasteiger partial charge in [0.25, 0.3) is 0 Å². The second-order valence-corrected chi connectivity index (χ2v) is 6.82. The van der Waals surface area contributed by atoms with E-state index in [-0.39, 0.29) is 6.79 Å². The fraction of sp³-hybridized carbons (Fsp3) is 0.250. The Morgan fingerprint density at radius 3 is 2.71 bits per heavy atom. The van der Waals surface area contributed by atoms with Crippen molar-refractivity contribution in [2.75, 3.05) is 21.0 Å². The van der Waals surface area contributed by atoms with Crippen LogP contribution in [0.4, 0.5) is 0 Å². The first-order valence-corrected chi connectivity index (χ1v) is 9.00. The maximum Gasteiger partial charge on any atom is 0.224 e. The normalized spacial score (nSPS) is 11.3. The van der Waals surface area contributed by atoms with Crippen molar-refractivity contribution in [2.24, 2.45) is 7.05 Å². The fourth-order valence-corrected chi connectivity index (χ4v) is 3.43. The summed E-state index contributed by atoms with van der Waals surface area (Å²) in [4.78, 5) is 9.34. The van der Waals surface area contributed by atoms with Crippen LogP contribution in [-0.4, -0.2) is 40.8 Å². The molecule has 0 saturated carbocycles. The Hall–Kier alpha value is -2.90. The van der Waals surface area contributed by atoms with E-state index in [2.05, 4.69) is 10.1 Å². The first-order valence-electron chi connectivity index (χ1n) is 8.62. The number of aryl methyl sites for hydroxylation is 2. The zero-order chi connectivity index (χ0) is 19.8. The topological polar surface area (TPSA) is 71.3 Å². The summed E-state index contributed by atoms with van der Waals surface area (Å²) in [6, 6.07) is 7.39.